The first-order valence-corrected chi connectivity index (χ1v) is 26.8. The highest BCUT2D eigenvalue weighted by molar-refractivity contribution is 6.13. The van der Waals surface area contributed by atoms with Crippen molar-refractivity contribution in [1.29, 1.82) is 0 Å². The molecule has 0 radical (unpaired) electrons. The third-order valence-electron chi connectivity index (χ3n) is 17.3. The molecule has 0 aliphatic heterocycles. The maximum atomic E-state index is 6.60. The Morgan fingerprint density at radius 3 is 1.45 bits per heavy atom. The van der Waals surface area contributed by atoms with Gasteiger partial charge in [0.05, 0.1) is 5.69 Å². The molecule has 5 heteroatoms. The second-order valence-electron chi connectivity index (χ2n) is 22.8. The molecular weight excluding hydrogens is 937 g/mol. The summed E-state index contributed by atoms with van der Waals surface area (Å²) in [5.41, 5.74) is 25.4. The normalized spacial score (nSPS) is 14.7. The van der Waals surface area contributed by atoms with Crippen molar-refractivity contribution in [3.63, 3.8) is 0 Å². The zero-order valence-electron chi connectivity index (χ0n) is 44.0. The standard InChI is InChI=1S/C72H54N4O/c1-70(2)57-27-16-14-24-53(57)66-58(70)28-18-29-62(66)76(47-33-36-51-49-23-13-15-26-56(49)71(3,4)60(51)41-47)48-34-37-52-50-35-31-46(40-59(50)72(5,6)61(52)42-48)45-32-38-63-55(39-45)65-54(25-17-30-64(65)77-63)69-74-67(43-19-9-7-10-20-43)73-68(75-69)44-21-11-8-12-22-44/h7-42H,1-6H3. The Labute approximate surface area is 449 Å². The summed E-state index contributed by atoms with van der Waals surface area (Å²) in [6.07, 6.45) is 0. The van der Waals surface area contributed by atoms with Crippen molar-refractivity contribution in [1.82, 2.24) is 15.0 Å². The second-order valence-corrected chi connectivity index (χ2v) is 22.8. The quantitative estimate of drug-likeness (QED) is 0.159. The van der Waals surface area contributed by atoms with Gasteiger partial charge < -0.3 is 9.32 Å². The molecule has 0 amide bonds. The molecule has 0 spiro atoms. The van der Waals surface area contributed by atoms with Crippen LogP contribution in [0.4, 0.5) is 17.1 Å². The van der Waals surface area contributed by atoms with Crippen LogP contribution in [0.2, 0.25) is 0 Å². The minimum absolute atomic E-state index is 0.140. The van der Waals surface area contributed by atoms with Crippen LogP contribution in [0.25, 0.3) is 101 Å². The zero-order valence-corrected chi connectivity index (χ0v) is 44.0. The Bertz CT molecular complexity index is 4370. The van der Waals surface area contributed by atoms with E-state index in [1.54, 1.807) is 0 Å². The molecule has 0 bridgehead atoms. The third-order valence-corrected chi connectivity index (χ3v) is 17.3. The summed E-state index contributed by atoms with van der Waals surface area (Å²) < 4.78 is 6.60. The fraction of sp³-hybridized carbons (Fsp3) is 0.125. The van der Waals surface area contributed by atoms with Crippen LogP contribution in [-0.2, 0) is 16.2 Å². The van der Waals surface area contributed by atoms with Gasteiger partial charge in [0.1, 0.15) is 11.2 Å². The van der Waals surface area contributed by atoms with E-state index in [1.807, 2.05) is 72.8 Å². The molecule has 5 nitrogen and oxygen atoms in total. The van der Waals surface area contributed by atoms with Gasteiger partial charge in [-0.2, -0.15) is 0 Å². The highest BCUT2D eigenvalue weighted by atomic mass is 16.3. The van der Waals surface area contributed by atoms with E-state index < -0.39 is 0 Å². The topological polar surface area (TPSA) is 55.1 Å². The molecule has 0 atom stereocenters. The van der Waals surface area contributed by atoms with Crippen LogP contribution in [0.5, 0.6) is 0 Å². The number of anilines is 3. The van der Waals surface area contributed by atoms with Crippen molar-refractivity contribution in [2.24, 2.45) is 0 Å². The van der Waals surface area contributed by atoms with Gasteiger partial charge in [-0.25, -0.2) is 15.0 Å². The summed E-state index contributed by atoms with van der Waals surface area (Å²) in [5.74, 6) is 1.85. The van der Waals surface area contributed by atoms with Crippen molar-refractivity contribution in [3.05, 3.63) is 252 Å². The molecular formula is C72H54N4O. The number of hydrogen-bond acceptors (Lipinski definition) is 5. The number of rotatable bonds is 7. The van der Waals surface area contributed by atoms with Crippen LogP contribution >= 0.6 is 0 Å². The maximum Gasteiger partial charge on any atom is 0.164 e. The lowest BCUT2D eigenvalue weighted by Crippen LogP contribution is -2.19. The average molecular weight is 991 g/mol. The minimum Gasteiger partial charge on any atom is -0.456 e. The van der Waals surface area contributed by atoms with Crippen molar-refractivity contribution >= 4 is 39.0 Å². The van der Waals surface area contributed by atoms with E-state index in [-0.39, 0.29) is 16.2 Å². The van der Waals surface area contributed by atoms with Crippen LogP contribution in [0.1, 0.15) is 74.9 Å². The molecule has 12 aromatic rings. The summed E-state index contributed by atoms with van der Waals surface area (Å²) in [7, 11) is 0. The van der Waals surface area contributed by atoms with Gasteiger partial charge in [-0.15, -0.1) is 0 Å². The Kier molecular flexibility index (Phi) is 9.63. The second kappa shape index (κ2) is 16.4. The van der Waals surface area contributed by atoms with Crippen molar-refractivity contribution in [2.45, 2.75) is 57.8 Å². The Hall–Kier alpha value is -9.19. The van der Waals surface area contributed by atoms with Gasteiger partial charge >= 0.3 is 0 Å². The molecule has 2 aromatic heterocycles. The Morgan fingerprint density at radius 1 is 0.325 bits per heavy atom. The van der Waals surface area contributed by atoms with E-state index in [2.05, 4.69) is 192 Å². The van der Waals surface area contributed by atoms with Crippen LogP contribution in [0.3, 0.4) is 0 Å². The fourth-order valence-electron chi connectivity index (χ4n) is 13.3. The van der Waals surface area contributed by atoms with Crippen LogP contribution in [0, 0.1) is 0 Å². The number of nitrogens with zero attached hydrogens (tertiary/aromatic N) is 4. The maximum absolute atomic E-state index is 6.60. The molecule has 0 saturated heterocycles. The summed E-state index contributed by atoms with van der Waals surface area (Å²) in [6.45, 7) is 14.3. The van der Waals surface area contributed by atoms with Gasteiger partial charge in [-0.3, -0.25) is 0 Å². The molecule has 3 aliphatic carbocycles. The van der Waals surface area contributed by atoms with E-state index in [0.29, 0.717) is 17.5 Å². The van der Waals surface area contributed by atoms with E-state index >= 15 is 0 Å². The molecule has 368 valence electrons. The first-order valence-electron chi connectivity index (χ1n) is 26.8. The van der Waals surface area contributed by atoms with Gasteiger partial charge in [0.2, 0.25) is 0 Å². The molecule has 77 heavy (non-hydrogen) atoms. The van der Waals surface area contributed by atoms with Gasteiger partial charge in [-0.05, 0) is 127 Å². The van der Waals surface area contributed by atoms with E-state index in [1.165, 1.54) is 72.4 Å². The first kappa shape index (κ1) is 45.2. The summed E-state index contributed by atoms with van der Waals surface area (Å²) in [4.78, 5) is 17.8. The lowest BCUT2D eigenvalue weighted by Gasteiger charge is -2.31. The van der Waals surface area contributed by atoms with Crippen LogP contribution in [0.15, 0.2) is 223 Å². The minimum atomic E-state index is -0.303. The lowest BCUT2D eigenvalue weighted by atomic mass is 9.81. The number of fused-ring (bicyclic) bond motifs is 12. The van der Waals surface area contributed by atoms with Gasteiger partial charge in [0.25, 0.3) is 0 Å². The number of aromatic nitrogens is 3. The number of furan rings is 1. The molecule has 0 fully saturated rings. The van der Waals surface area contributed by atoms with Crippen molar-refractivity contribution < 1.29 is 4.42 Å². The average Bonchev–Trinajstić information content (AvgIpc) is 4.22. The Morgan fingerprint density at radius 2 is 0.792 bits per heavy atom. The first-order chi connectivity index (χ1) is 37.4. The van der Waals surface area contributed by atoms with Crippen molar-refractivity contribution in [3.8, 4) is 78.7 Å². The van der Waals surface area contributed by atoms with Crippen LogP contribution in [-0.4, -0.2) is 15.0 Å². The molecule has 3 aliphatic rings. The van der Waals surface area contributed by atoms with Gasteiger partial charge in [0.15, 0.2) is 17.5 Å². The van der Waals surface area contributed by atoms with Gasteiger partial charge in [-0.1, -0.05) is 205 Å². The zero-order chi connectivity index (χ0) is 52.0. The lowest BCUT2D eigenvalue weighted by molar-refractivity contribution is 0.660. The van der Waals surface area contributed by atoms with E-state index in [9.17, 15) is 0 Å². The summed E-state index contributed by atoms with van der Waals surface area (Å²) in [5, 5.41) is 1.99. The molecule has 0 unspecified atom stereocenters. The largest absolute Gasteiger partial charge is 0.456 e. The SMILES string of the molecule is CC1(C)c2ccccc2-c2ccc(N(c3ccc4c(c3)C(C)(C)c3cc(-c5ccc6oc7cccc(-c8nc(-c9ccccc9)nc(-c9ccccc9)n8)c7c6c5)ccc3-4)c3cccc4c3-c3ccccc3C4(C)C)cc21. The fourth-order valence-corrected chi connectivity index (χ4v) is 13.3. The highest BCUT2D eigenvalue weighted by Crippen LogP contribution is 2.57. The summed E-state index contributed by atoms with van der Waals surface area (Å²) in [6, 6.07) is 79.3. The molecule has 10 aromatic carbocycles. The monoisotopic (exact) mass is 990 g/mol. The summed E-state index contributed by atoms with van der Waals surface area (Å²) >= 11 is 0. The third kappa shape index (κ3) is 6.69. The van der Waals surface area contributed by atoms with E-state index in [0.717, 1.165) is 61.1 Å². The smallest absolute Gasteiger partial charge is 0.164 e. The molecule has 0 N–H and O–H groups in total. The highest BCUT2D eigenvalue weighted by Gasteiger charge is 2.41. The van der Waals surface area contributed by atoms with E-state index in [4.69, 9.17) is 19.4 Å². The molecule has 15 rings (SSSR count). The number of hydrogen-bond donors (Lipinski definition) is 0. The molecule has 0 saturated carbocycles. The predicted octanol–water partition coefficient (Wildman–Crippen LogP) is 18.8. The van der Waals surface area contributed by atoms with Crippen LogP contribution < -0.4 is 4.90 Å². The molecule has 2 heterocycles. The Balaban J connectivity index is 0.847. The number of benzene rings is 10. The van der Waals surface area contributed by atoms with Crippen molar-refractivity contribution in [2.75, 3.05) is 4.90 Å². The predicted molar refractivity (Wildman–Crippen MR) is 316 cm³/mol. The van der Waals surface area contributed by atoms with Gasteiger partial charge in [0, 0.05) is 60.6 Å².